The van der Waals surface area contributed by atoms with Crippen LogP contribution in [0.2, 0.25) is 0 Å². The van der Waals surface area contributed by atoms with Gasteiger partial charge in [-0.25, -0.2) is 0 Å². The summed E-state index contributed by atoms with van der Waals surface area (Å²) in [5.74, 6) is 2.58. The van der Waals surface area contributed by atoms with Gasteiger partial charge in [0.1, 0.15) is 0 Å². The molecule has 2 aliphatic rings. The van der Waals surface area contributed by atoms with Gasteiger partial charge in [-0.05, 0) is 63.0 Å². The number of fused-ring (bicyclic) bond motifs is 2. The number of hydrogen-bond donors (Lipinski definition) is 1. The third-order valence-corrected chi connectivity index (χ3v) is 5.07. The SMILES string of the molecule is Cc1cccc(C(=O)N[C@H](C)[C@H]2C[C@H]3CC[C@H]2C3)c1. The second-order valence-electron chi connectivity index (χ2n) is 6.47. The maximum Gasteiger partial charge on any atom is 0.251 e. The molecule has 102 valence electrons. The lowest BCUT2D eigenvalue weighted by Crippen LogP contribution is -2.40. The molecule has 1 aromatic rings. The molecule has 4 atom stereocenters. The van der Waals surface area contributed by atoms with Gasteiger partial charge in [-0.2, -0.15) is 0 Å². The van der Waals surface area contributed by atoms with E-state index in [4.69, 9.17) is 0 Å². The highest BCUT2D eigenvalue weighted by atomic mass is 16.1. The van der Waals surface area contributed by atoms with E-state index in [0.29, 0.717) is 12.0 Å². The molecule has 1 aromatic carbocycles. The fourth-order valence-electron chi connectivity index (χ4n) is 4.09. The van der Waals surface area contributed by atoms with E-state index in [0.717, 1.165) is 23.0 Å². The van der Waals surface area contributed by atoms with Gasteiger partial charge in [0.2, 0.25) is 0 Å². The first-order valence-corrected chi connectivity index (χ1v) is 7.51. The summed E-state index contributed by atoms with van der Waals surface area (Å²) < 4.78 is 0. The molecule has 2 saturated carbocycles. The molecule has 1 amide bonds. The lowest BCUT2D eigenvalue weighted by atomic mass is 9.84. The Labute approximate surface area is 115 Å². The predicted molar refractivity (Wildman–Crippen MR) is 77.0 cm³/mol. The van der Waals surface area contributed by atoms with E-state index in [9.17, 15) is 4.79 Å². The van der Waals surface area contributed by atoms with Crippen molar-refractivity contribution in [2.45, 2.75) is 45.6 Å². The van der Waals surface area contributed by atoms with Gasteiger partial charge < -0.3 is 5.32 Å². The van der Waals surface area contributed by atoms with Gasteiger partial charge in [-0.3, -0.25) is 4.79 Å². The Hall–Kier alpha value is -1.31. The number of nitrogens with one attached hydrogen (secondary N) is 1. The van der Waals surface area contributed by atoms with Crippen LogP contribution in [-0.4, -0.2) is 11.9 Å². The van der Waals surface area contributed by atoms with Crippen LogP contribution in [0.25, 0.3) is 0 Å². The Bertz CT molecular complexity index is 482. The van der Waals surface area contributed by atoms with E-state index < -0.39 is 0 Å². The zero-order valence-electron chi connectivity index (χ0n) is 11.9. The van der Waals surface area contributed by atoms with Crippen molar-refractivity contribution in [3.63, 3.8) is 0 Å². The number of hydrogen-bond acceptors (Lipinski definition) is 1. The maximum absolute atomic E-state index is 12.3. The van der Waals surface area contributed by atoms with Gasteiger partial charge in [0, 0.05) is 11.6 Å². The lowest BCUT2D eigenvalue weighted by molar-refractivity contribution is 0.0915. The molecule has 0 radical (unpaired) electrons. The minimum atomic E-state index is 0.0824. The zero-order valence-corrected chi connectivity index (χ0v) is 11.9. The van der Waals surface area contributed by atoms with E-state index in [1.165, 1.54) is 25.7 Å². The van der Waals surface area contributed by atoms with Crippen molar-refractivity contribution >= 4 is 5.91 Å². The Morgan fingerprint density at radius 3 is 2.79 bits per heavy atom. The molecular formula is C17H23NO. The third kappa shape index (κ3) is 2.54. The fraction of sp³-hybridized carbons (Fsp3) is 0.588. The smallest absolute Gasteiger partial charge is 0.251 e. The fourth-order valence-corrected chi connectivity index (χ4v) is 4.09. The largest absolute Gasteiger partial charge is 0.349 e. The van der Waals surface area contributed by atoms with Gasteiger partial charge in [-0.1, -0.05) is 24.1 Å². The highest BCUT2D eigenvalue weighted by Gasteiger charge is 2.42. The van der Waals surface area contributed by atoms with E-state index >= 15 is 0 Å². The van der Waals surface area contributed by atoms with E-state index in [-0.39, 0.29) is 5.91 Å². The summed E-state index contributed by atoms with van der Waals surface area (Å²) in [5.41, 5.74) is 1.93. The number of carbonyl (C=O) groups excluding carboxylic acids is 1. The number of amides is 1. The first-order chi connectivity index (χ1) is 9.13. The van der Waals surface area contributed by atoms with Crippen LogP contribution in [0.15, 0.2) is 24.3 Å². The normalized spacial score (nSPS) is 30.3. The van der Waals surface area contributed by atoms with Crippen molar-refractivity contribution in [1.29, 1.82) is 0 Å². The number of benzene rings is 1. The number of aryl methyl sites for hydroxylation is 1. The first-order valence-electron chi connectivity index (χ1n) is 7.51. The highest BCUT2D eigenvalue weighted by molar-refractivity contribution is 5.94. The van der Waals surface area contributed by atoms with Crippen LogP contribution in [-0.2, 0) is 0 Å². The van der Waals surface area contributed by atoms with Crippen molar-refractivity contribution in [2.75, 3.05) is 0 Å². The average Bonchev–Trinajstić information content (AvgIpc) is 3.00. The Morgan fingerprint density at radius 2 is 2.16 bits per heavy atom. The van der Waals surface area contributed by atoms with Gasteiger partial charge in [0.05, 0.1) is 0 Å². The summed E-state index contributed by atoms with van der Waals surface area (Å²) >= 11 is 0. The van der Waals surface area contributed by atoms with Crippen LogP contribution in [0.5, 0.6) is 0 Å². The molecule has 0 aromatic heterocycles. The molecule has 3 rings (SSSR count). The molecule has 2 nitrogen and oxygen atoms in total. The van der Waals surface area contributed by atoms with Crippen LogP contribution in [0, 0.1) is 24.7 Å². The minimum Gasteiger partial charge on any atom is -0.349 e. The van der Waals surface area contributed by atoms with Crippen LogP contribution in [0.3, 0.4) is 0 Å². The topological polar surface area (TPSA) is 29.1 Å². The molecule has 2 fully saturated rings. The minimum absolute atomic E-state index is 0.0824. The van der Waals surface area contributed by atoms with Crippen LogP contribution in [0.1, 0.15) is 48.5 Å². The molecular weight excluding hydrogens is 234 g/mol. The van der Waals surface area contributed by atoms with E-state index in [1.807, 2.05) is 31.2 Å². The molecule has 0 saturated heterocycles. The standard InChI is InChI=1S/C17H23NO/c1-11-4-3-5-15(8-11)17(19)18-12(2)16-10-13-6-7-14(16)9-13/h3-5,8,12-14,16H,6-7,9-10H2,1-2H3,(H,18,19)/t12-,13+,14+,16-/m1/s1. The molecule has 2 heteroatoms. The number of carbonyl (C=O) groups is 1. The summed E-state index contributed by atoms with van der Waals surface area (Å²) in [6, 6.07) is 8.14. The summed E-state index contributed by atoms with van der Waals surface area (Å²) in [6.07, 6.45) is 5.51. The third-order valence-electron chi connectivity index (χ3n) is 5.07. The average molecular weight is 257 g/mol. The first kappa shape index (κ1) is 12.7. The molecule has 1 N–H and O–H groups in total. The summed E-state index contributed by atoms with van der Waals surface area (Å²) in [7, 11) is 0. The van der Waals surface area contributed by atoms with E-state index in [2.05, 4.69) is 12.2 Å². The van der Waals surface area contributed by atoms with Crippen molar-refractivity contribution in [2.24, 2.45) is 17.8 Å². The quantitative estimate of drug-likeness (QED) is 0.881. The Kier molecular flexibility index (Phi) is 3.34. The molecule has 19 heavy (non-hydrogen) atoms. The second-order valence-corrected chi connectivity index (χ2v) is 6.47. The monoisotopic (exact) mass is 257 g/mol. The Balaban J connectivity index is 1.63. The predicted octanol–water partition coefficient (Wildman–Crippen LogP) is 3.55. The molecule has 2 bridgehead atoms. The molecule has 0 unspecified atom stereocenters. The van der Waals surface area contributed by atoms with Crippen molar-refractivity contribution < 1.29 is 4.79 Å². The molecule has 2 aliphatic carbocycles. The van der Waals surface area contributed by atoms with Crippen molar-refractivity contribution in [3.8, 4) is 0 Å². The van der Waals surface area contributed by atoms with Crippen molar-refractivity contribution in [1.82, 2.24) is 5.32 Å². The summed E-state index contributed by atoms with van der Waals surface area (Å²) in [6.45, 7) is 4.20. The second kappa shape index (κ2) is 4.99. The van der Waals surface area contributed by atoms with Crippen LogP contribution in [0.4, 0.5) is 0 Å². The Morgan fingerprint density at radius 1 is 1.32 bits per heavy atom. The van der Waals surface area contributed by atoms with Crippen molar-refractivity contribution in [3.05, 3.63) is 35.4 Å². The summed E-state index contributed by atoms with van der Waals surface area (Å²) in [5, 5.41) is 3.21. The van der Waals surface area contributed by atoms with Gasteiger partial charge in [0.15, 0.2) is 0 Å². The van der Waals surface area contributed by atoms with Gasteiger partial charge >= 0.3 is 0 Å². The zero-order chi connectivity index (χ0) is 13.4. The maximum atomic E-state index is 12.3. The number of rotatable bonds is 3. The van der Waals surface area contributed by atoms with E-state index in [1.54, 1.807) is 0 Å². The van der Waals surface area contributed by atoms with Crippen LogP contribution >= 0.6 is 0 Å². The highest BCUT2D eigenvalue weighted by Crippen LogP contribution is 2.49. The molecule has 0 heterocycles. The molecule has 0 aliphatic heterocycles. The van der Waals surface area contributed by atoms with Crippen LogP contribution < -0.4 is 5.32 Å². The lowest BCUT2D eigenvalue weighted by Gasteiger charge is -2.28. The van der Waals surface area contributed by atoms with Gasteiger partial charge in [0.25, 0.3) is 5.91 Å². The molecule has 0 spiro atoms. The summed E-state index contributed by atoms with van der Waals surface area (Å²) in [4.78, 5) is 12.3. The van der Waals surface area contributed by atoms with Gasteiger partial charge in [-0.15, -0.1) is 0 Å².